The zero-order chi connectivity index (χ0) is 17.0. The lowest BCUT2D eigenvalue weighted by Gasteiger charge is -2.24. The van der Waals surface area contributed by atoms with Crippen molar-refractivity contribution < 1.29 is 9.92 Å². The van der Waals surface area contributed by atoms with Gasteiger partial charge in [0, 0.05) is 22.5 Å². The summed E-state index contributed by atoms with van der Waals surface area (Å²) >= 11 is 12.3. The minimum atomic E-state index is -0.943. The fourth-order valence-electron chi connectivity index (χ4n) is 2.35. The highest BCUT2D eigenvalue weighted by Gasteiger charge is 2.22. The van der Waals surface area contributed by atoms with E-state index in [0.717, 1.165) is 12.0 Å². The van der Waals surface area contributed by atoms with Crippen LogP contribution in [0.1, 0.15) is 31.7 Å². The maximum atomic E-state index is 10.3. The third kappa shape index (κ3) is 4.56. The molecule has 2 atom stereocenters. The van der Waals surface area contributed by atoms with Gasteiger partial charge in [-0.3, -0.25) is 4.68 Å². The third-order valence-electron chi connectivity index (χ3n) is 3.75. The molecule has 0 saturated carbocycles. The lowest BCUT2D eigenvalue weighted by molar-refractivity contribution is -0.713. The Labute approximate surface area is 143 Å². The quantitative estimate of drug-likeness (QED) is 0.551. The fourth-order valence-corrected chi connectivity index (χ4v) is 2.90. The molecular weight excluding hydrogens is 343 g/mol. The normalized spacial score (nSPS) is 13.6. The molecule has 1 aromatic heterocycles. The number of hydrogen-bond donors (Lipinski definition) is 0. The molecule has 0 aliphatic rings. The first-order chi connectivity index (χ1) is 10.9. The lowest BCUT2D eigenvalue weighted by atomic mass is 9.85. The van der Waals surface area contributed by atoms with E-state index in [1.807, 2.05) is 6.07 Å². The molecule has 124 valence electrons. The van der Waals surface area contributed by atoms with E-state index in [4.69, 9.17) is 23.2 Å². The maximum Gasteiger partial charge on any atom is 0.327 e. The van der Waals surface area contributed by atoms with Gasteiger partial charge in [0.05, 0.1) is 0 Å². The Morgan fingerprint density at radius 2 is 2.17 bits per heavy atom. The van der Waals surface area contributed by atoms with Crippen LogP contribution in [0.2, 0.25) is 10.0 Å². The van der Waals surface area contributed by atoms with E-state index in [1.165, 1.54) is 11.0 Å². The van der Waals surface area contributed by atoms with Crippen LogP contribution < -0.4 is 4.84 Å². The van der Waals surface area contributed by atoms with E-state index >= 15 is 0 Å². The number of rotatable bonds is 7. The van der Waals surface area contributed by atoms with Crippen molar-refractivity contribution in [2.75, 3.05) is 0 Å². The van der Waals surface area contributed by atoms with Crippen LogP contribution in [0.15, 0.2) is 24.5 Å². The van der Waals surface area contributed by atoms with Gasteiger partial charge in [0.1, 0.15) is 6.33 Å². The summed E-state index contributed by atoms with van der Waals surface area (Å²) in [6.07, 6.45) is 2.34. The Hall–Kier alpha value is -1.86. The zero-order valence-corrected chi connectivity index (χ0v) is 14.2. The topological polar surface area (TPSA) is 83.1 Å². The molecule has 1 heterocycles. The molecule has 2 rings (SSSR count). The van der Waals surface area contributed by atoms with Gasteiger partial charge in [-0.1, -0.05) is 49.5 Å². The summed E-state index contributed by atoms with van der Waals surface area (Å²) in [4.78, 5) is 18.3. The van der Waals surface area contributed by atoms with E-state index in [0.29, 0.717) is 22.5 Å². The molecule has 23 heavy (non-hydrogen) atoms. The number of aromatic nitrogens is 3. The molecular formula is C14H16Cl2N4O3. The summed E-state index contributed by atoms with van der Waals surface area (Å²) in [6, 6.07) is 5.10. The third-order valence-corrected chi connectivity index (χ3v) is 4.31. The molecule has 1 aromatic carbocycles. The van der Waals surface area contributed by atoms with Crippen molar-refractivity contribution in [2.45, 2.75) is 32.7 Å². The summed E-state index contributed by atoms with van der Waals surface area (Å²) in [6.45, 7) is 4.68. The molecule has 0 N–H and O–H groups in total. The average Bonchev–Trinajstić information content (AvgIpc) is 2.91. The second-order valence-corrected chi connectivity index (χ2v) is 6.07. The Bertz CT molecular complexity index is 692. The van der Waals surface area contributed by atoms with Crippen molar-refractivity contribution in [2.24, 2.45) is 5.92 Å². The standard InChI is InChI=1S/C14H16Cl2N4O3/c1-3-9(2)12(11-5-4-10(15)6-13(11)16)7-19-8-17-14(18-19)23-20(21)22/h4-6,8-9,12H,3,7H2,1-2H3. The molecule has 2 unspecified atom stereocenters. The molecule has 0 bridgehead atoms. The number of benzene rings is 1. The fraction of sp³-hybridized carbons (Fsp3) is 0.429. The maximum absolute atomic E-state index is 10.3. The molecule has 2 aromatic rings. The highest BCUT2D eigenvalue weighted by atomic mass is 35.5. The second kappa shape index (κ2) is 7.61. The van der Waals surface area contributed by atoms with Crippen molar-refractivity contribution in [1.29, 1.82) is 0 Å². The zero-order valence-electron chi connectivity index (χ0n) is 12.6. The van der Waals surface area contributed by atoms with Crippen LogP contribution in [0.3, 0.4) is 0 Å². The van der Waals surface area contributed by atoms with Crippen LogP contribution in [-0.2, 0) is 6.54 Å². The highest BCUT2D eigenvalue weighted by Crippen LogP contribution is 2.34. The van der Waals surface area contributed by atoms with E-state index in [2.05, 4.69) is 28.8 Å². The molecule has 9 heteroatoms. The van der Waals surface area contributed by atoms with Crippen molar-refractivity contribution in [1.82, 2.24) is 14.8 Å². The summed E-state index contributed by atoms with van der Waals surface area (Å²) < 4.78 is 1.51. The average molecular weight is 359 g/mol. The van der Waals surface area contributed by atoms with Gasteiger partial charge >= 0.3 is 11.1 Å². The van der Waals surface area contributed by atoms with Gasteiger partial charge in [0.15, 0.2) is 0 Å². The van der Waals surface area contributed by atoms with Crippen LogP contribution in [0.4, 0.5) is 0 Å². The van der Waals surface area contributed by atoms with E-state index in [9.17, 15) is 10.1 Å². The van der Waals surface area contributed by atoms with E-state index in [-0.39, 0.29) is 11.9 Å². The highest BCUT2D eigenvalue weighted by molar-refractivity contribution is 6.35. The summed E-state index contributed by atoms with van der Waals surface area (Å²) in [5, 5.41) is 14.5. The van der Waals surface area contributed by atoms with Gasteiger partial charge in [-0.2, -0.15) is 4.98 Å². The van der Waals surface area contributed by atoms with Crippen LogP contribution in [0, 0.1) is 16.0 Å². The minimum absolute atomic E-state index is 0.0647. The largest absolute Gasteiger partial charge is 0.327 e. The van der Waals surface area contributed by atoms with Gasteiger partial charge in [0.2, 0.25) is 0 Å². The first-order valence-corrected chi connectivity index (χ1v) is 7.83. The molecule has 0 radical (unpaired) electrons. The van der Waals surface area contributed by atoms with Crippen molar-refractivity contribution in [3.05, 3.63) is 50.2 Å². The molecule has 0 saturated heterocycles. The Balaban J connectivity index is 2.25. The second-order valence-electron chi connectivity index (χ2n) is 5.22. The molecule has 0 spiro atoms. The van der Waals surface area contributed by atoms with Gasteiger partial charge in [-0.05, 0) is 23.6 Å². The molecule has 0 fully saturated rings. The van der Waals surface area contributed by atoms with Crippen LogP contribution in [0.25, 0.3) is 0 Å². The van der Waals surface area contributed by atoms with Crippen LogP contribution >= 0.6 is 23.2 Å². The smallest absolute Gasteiger partial charge is 0.250 e. The minimum Gasteiger partial charge on any atom is -0.250 e. The monoisotopic (exact) mass is 358 g/mol. The SMILES string of the molecule is CCC(C)C(Cn1cnc(O[N+](=O)[O-])n1)c1ccc(Cl)cc1Cl. The first kappa shape index (κ1) is 17.5. The Morgan fingerprint density at radius 1 is 1.43 bits per heavy atom. The van der Waals surface area contributed by atoms with E-state index < -0.39 is 5.09 Å². The lowest BCUT2D eigenvalue weighted by Crippen LogP contribution is -2.17. The molecule has 0 aliphatic carbocycles. The van der Waals surface area contributed by atoms with Crippen LogP contribution in [0.5, 0.6) is 6.01 Å². The summed E-state index contributed by atoms with van der Waals surface area (Å²) in [5.41, 5.74) is 0.956. The molecule has 7 nitrogen and oxygen atoms in total. The number of halogens is 2. The molecule has 0 aliphatic heterocycles. The van der Waals surface area contributed by atoms with E-state index in [1.54, 1.807) is 12.1 Å². The predicted octanol–water partition coefficient (Wildman–Crippen LogP) is 3.99. The van der Waals surface area contributed by atoms with Crippen LogP contribution in [-0.4, -0.2) is 19.9 Å². The Kier molecular flexibility index (Phi) is 5.79. The first-order valence-electron chi connectivity index (χ1n) is 7.07. The van der Waals surface area contributed by atoms with Crippen molar-refractivity contribution in [3.63, 3.8) is 0 Å². The van der Waals surface area contributed by atoms with Gasteiger partial charge in [-0.15, -0.1) is 15.2 Å². The van der Waals surface area contributed by atoms with Crippen molar-refractivity contribution in [3.8, 4) is 6.01 Å². The number of hydrogen-bond acceptors (Lipinski definition) is 5. The summed E-state index contributed by atoms with van der Waals surface area (Å²) in [7, 11) is 0. The molecule has 0 amide bonds. The Morgan fingerprint density at radius 3 is 2.78 bits per heavy atom. The van der Waals surface area contributed by atoms with Crippen molar-refractivity contribution >= 4 is 23.2 Å². The van der Waals surface area contributed by atoms with Gasteiger partial charge < -0.3 is 0 Å². The van der Waals surface area contributed by atoms with Gasteiger partial charge in [0.25, 0.3) is 0 Å². The van der Waals surface area contributed by atoms with Gasteiger partial charge in [-0.25, -0.2) is 4.84 Å². The predicted molar refractivity (Wildman–Crippen MR) is 86.3 cm³/mol. The summed E-state index contributed by atoms with van der Waals surface area (Å²) in [5.74, 6) is 0.382. The number of nitrogens with zero attached hydrogens (tertiary/aromatic N) is 4.